The zero-order valence-electron chi connectivity index (χ0n) is 15.8. The Balaban J connectivity index is 2.44. The van der Waals surface area contributed by atoms with E-state index in [1.54, 1.807) is 0 Å². The van der Waals surface area contributed by atoms with Crippen molar-refractivity contribution in [2.45, 2.75) is 57.7 Å². The Labute approximate surface area is 151 Å². The highest BCUT2D eigenvalue weighted by Crippen LogP contribution is 2.37. The summed E-state index contributed by atoms with van der Waals surface area (Å²) in [6.45, 7) is 5.38. The topological polar surface area (TPSA) is 86.2 Å². The van der Waals surface area contributed by atoms with Crippen molar-refractivity contribution in [1.82, 2.24) is 15.5 Å². The number of nitrogens with zero attached hydrogens (tertiary/aromatic N) is 3. The fourth-order valence-electron chi connectivity index (χ4n) is 2.48. The molecule has 0 aromatic rings. The second-order valence-corrected chi connectivity index (χ2v) is 7.23. The van der Waals surface area contributed by atoms with Crippen LogP contribution in [-0.2, 0) is 9.59 Å². The number of carbonyl (C=O) groups excluding carboxylic acids is 2. The molecule has 1 heterocycles. The first-order valence-electron chi connectivity index (χ1n) is 8.87. The Kier molecular flexibility index (Phi) is 8.56. The van der Waals surface area contributed by atoms with E-state index in [1.807, 2.05) is 32.8 Å². The summed E-state index contributed by atoms with van der Waals surface area (Å²) in [7, 11) is 3.90. The molecule has 0 aromatic carbocycles. The van der Waals surface area contributed by atoms with Crippen molar-refractivity contribution in [3.63, 3.8) is 0 Å². The van der Waals surface area contributed by atoms with E-state index >= 15 is 0 Å². The van der Waals surface area contributed by atoms with Crippen LogP contribution in [0.15, 0.2) is 10.2 Å². The van der Waals surface area contributed by atoms with Crippen LogP contribution in [0.4, 0.5) is 0 Å². The van der Waals surface area contributed by atoms with E-state index < -0.39 is 11.7 Å². The number of amides is 2. The largest absolute Gasteiger partial charge is 0.353 e. The van der Waals surface area contributed by atoms with E-state index in [2.05, 4.69) is 26.8 Å². The van der Waals surface area contributed by atoms with Crippen molar-refractivity contribution < 1.29 is 9.59 Å². The predicted molar refractivity (Wildman–Crippen MR) is 97.8 cm³/mol. The molecule has 0 fully saturated rings. The summed E-state index contributed by atoms with van der Waals surface area (Å²) in [4.78, 5) is 26.6. The van der Waals surface area contributed by atoms with Gasteiger partial charge >= 0.3 is 0 Å². The Morgan fingerprint density at radius 2 is 1.92 bits per heavy atom. The number of hydrogen-bond donors (Lipinski definition) is 2. The molecule has 0 bridgehead atoms. The molecular weight excluding hydrogens is 318 g/mol. The molecule has 1 aliphatic rings. The maximum atomic E-state index is 12.3. The molecule has 140 valence electrons. The Morgan fingerprint density at radius 1 is 1.24 bits per heavy atom. The van der Waals surface area contributed by atoms with E-state index in [1.165, 1.54) is 0 Å². The lowest BCUT2D eigenvalue weighted by Crippen LogP contribution is -2.48. The zero-order valence-corrected chi connectivity index (χ0v) is 15.8. The van der Waals surface area contributed by atoms with Gasteiger partial charge in [0.1, 0.15) is 6.04 Å². The van der Waals surface area contributed by atoms with Crippen LogP contribution in [0.2, 0.25) is 0 Å². The highest BCUT2D eigenvalue weighted by molar-refractivity contribution is 5.87. The Bertz CT molecular complexity index is 516. The minimum absolute atomic E-state index is 0.133. The molecule has 0 aromatic heterocycles. The lowest BCUT2D eigenvalue weighted by Gasteiger charge is -2.21. The van der Waals surface area contributed by atoms with E-state index in [0.29, 0.717) is 38.1 Å². The molecule has 0 aliphatic carbocycles. The molecule has 1 aliphatic heterocycles. The third kappa shape index (κ3) is 8.64. The summed E-state index contributed by atoms with van der Waals surface area (Å²) in [5.74, 6) is 2.60. The molecule has 7 heteroatoms. The van der Waals surface area contributed by atoms with E-state index in [0.717, 1.165) is 6.54 Å². The Morgan fingerprint density at radius 3 is 2.44 bits per heavy atom. The van der Waals surface area contributed by atoms with Gasteiger partial charge in [0, 0.05) is 38.8 Å². The fraction of sp³-hybridized carbons (Fsp3) is 0.778. The van der Waals surface area contributed by atoms with Gasteiger partial charge in [0.25, 0.3) is 0 Å². The number of carbonyl (C=O) groups is 2. The third-order valence-electron chi connectivity index (χ3n) is 4.02. The van der Waals surface area contributed by atoms with Gasteiger partial charge in [-0.3, -0.25) is 9.59 Å². The molecule has 0 unspecified atom stereocenters. The maximum Gasteiger partial charge on any atom is 0.242 e. The van der Waals surface area contributed by atoms with Crippen molar-refractivity contribution in [1.29, 1.82) is 0 Å². The summed E-state index contributed by atoms with van der Waals surface area (Å²) in [6, 6.07) is -0.510. The van der Waals surface area contributed by atoms with Gasteiger partial charge in [-0.25, -0.2) is 0 Å². The van der Waals surface area contributed by atoms with Gasteiger partial charge in [-0.2, -0.15) is 10.2 Å². The average molecular weight is 349 g/mol. The second kappa shape index (κ2) is 10.1. The summed E-state index contributed by atoms with van der Waals surface area (Å²) < 4.78 is 0. The normalized spacial score (nSPS) is 15.7. The Hall–Kier alpha value is -1.94. The summed E-state index contributed by atoms with van der Waals surface area (Å²) >= 11 is 0. The van der Waals surface area contributed by atoms with Crippen LogP contribution in [0.5, 0.6) is 0 Å². The van der Waals surface area contributed by atoms with Gasteiger partial charge < -0.3 is 15.5 Å². The van der Waals surface area contributed by atoms with Gasteiger partial charge in [0.15, 0.2) is 5.66 Å². The average Bonchev–Trinajstić information content (AvgIpc) is 3.30. The van der Waals surface area contributed by atoms with Crippen LogP contribution >= 0.6 is 0 Å². The summed E-state index contributed by atoms with van der Waals surface area (Å²) in [5.41, 5.74) is -0.467. The van der Waals surface area contributed by atoms with Gasteiger partial charge in [-0.15, -0.1) is 12.3 Å². The van der Waals surface area contributed by atoms with Gasteiger partial charge in [0.2, 0.25) is 11.8 Å². The van der Waals surface area contributed by atoms with Crippen molar-refractivity contribution in [3.8, 4) is 12.3 Å². The number of terminal acetylenes is 1. The quantitative estimate of drug-likeness (QED) is 0.524. The number of rotatable bonds is 12. The molecule has 7 nitrogen and oxygen atoms in total. The van der Waals surface area contributed by atoms with Gasteiger partial charge in [-0.1, -0.05) is 13.8 Å². The standard InChI is InChI=1S/C18H31N5O2/c1-6-7-9-18(21-22-18)10-8-16(24)20-15(13-14(2)3)17(25)19-11-12-23(4)5/h1,14-15H,7-13H2,2-5H3,(H,19,25)(H,20,24)/t15-/m0/s1. The summed E-state index contributed by atoms with van der Waals surface area (Å²) in [5, 5.41) is 13.8. The molecule has 2 N–H and O–H groups in total. The molecule has 2 amide bonds. The van der Waals surface area contributed by atoms with Crippen LogP contribution in [0, 0.1) is 18.3 Å². The molecule has 0 spiro atoms. The molecule has 25 heavy (non-hydrogen) atoms. The lowest BCUT2D eigenvalue weighted by atomic mass is 10.0. The molecule has 0 radical (unpaired) electrons. The zero-order chi connectivity index (χ0) is 18.9. The molecule has 0 saturated carbocycles. The highest BCUT2D eigenvalue weighted by atomic mass is 16.2. The first kappa shape index (κ1) is 21.1. The van der Waals surface area contributed by atoms with Crippen LogP contribution < -0.4 is 10.6 Å². The number of hydrogen-bond acceptors (Lipinski definition) is 5. The van der Waals surface area contributed by atoms with Crippen LogP contribution in [0.25, 0.3) is 0 Å². The summed E-state index contributed by atoms with van der Waals surface area (Å²) in [6.07, 6.45) is 7.97. The van der Waals surface area contributed by atoms with Crippen LogP contribution in [0.1, 0.15) is 46.0 Å². The first-order valence-corrected chi connectivity index (χ1v) is 8.87. The predicted octanol–water partition coefficient (Wildman–Crippen LogP) is 1.55. The maximum absolute atomic E-state index is 12.3. The second-order valence-electron chi connectivity index (χ2n) is 7.23. The monoisotopic (exact) mass is 349 g/mol. The number of likely N-dealkylation sites (N-methyl/N-ethyl adjacent to an activating group) is 1. The lowest BCUT2D eigenvalue weighted by molar-refractivity contribution is -0.129. The highest BCUT2D eigenvalue weighted by Gasteiger charge is 2.39. The van der Waals surface area contributed by atoms with Gasteiger partial charge in [0.05, 0.1) is 0 Å². The number of nitrogens with one attached hydrogen (secondary N) is 2. The van der Waals surface area contributed by atoms with Crippen molar-refractivity contribution >= 4 is 11.8 Å². The van der Waals surface area contributed by atoms with E-state index in [9.17, 15) is 9.59 Å². The SMILES string of the molecule is C#CCCC1(CCC(=O)N[C@@H](CC(C)C)C(=O)NCCN(C)C)N=N1. The van der Waals surface area contributed by atoms with Gasteiger partial charge in [-0.05, 0) is 26.4 Å². The fourth-order valence-corrected chi connectivity index (χ4v) is 2.48. The minimum Gasteiger partial charge on any atom is -0.353 e. The van der Waals surface area contributed by atoms with Crippen molar-refractivity contribution in [3.05, 3.63) is 0 Å². The first-order chi connectivity index (χ1) is 11.8. The molecule has 0 saturated heterocycles. The van der Waals surface area contributed by atoms with Crippen LogP contribution in [-0.4, -0.2) is 55.6 Å². The third-order valence-corrected chi connectivity index (χ3v) is 4.02. The smallest absolute Gasteiger partial charge is 0.242 e. The van der Waals surface area contributed by atoms with E-state index in [-0.39, 0.29) is 18.2 Å². The minimum atomic E-state index is -0.510. The molecule has 1 rings (SSSR count). The van der Waals surface area contributed by atoms with Crippen molar-refractivity contribution in [2.75, 3.05) is 27.2 Å². The van der Waals surface area contributed by atoms with E-state index in [4.69, 9.17) is 6.42 Å². The molecule has 1 atom stereocenters. The molecular formula is C18H31N5O2. The van der Waals surface area contributed by atoms with Crippen molar-refractivity contribution in [2.24, 2.45) is 16.1 Å². The van der Waals surface area contributed by atoms with Crippen LogP contribution in [0.3, 0.4) is 0 Å².